The van der Waals surface area contributed by atoms with Crippen molar-refractivity contribution in [2.75, 3.05) is 44.0 Å². The van der Waals surface area contributed by atoms with E-state index in [0.717, 1.165) is 62.5 Å². The second-order valence-electron chi connectivity index (χ2n) is 7.73. The zero-order chi connectivity index (χ0) is 21.1. The summed E-state index contributed by atoms with van der Waals surface area (Å²) in [7, 11) is -1.59. The van der Waals surface area contributed by atoms with Gasteiger partial charge in [-0.3, -0.25) is 4.72 Å². The predicted molar refractivity (Wildman–Crippen MR) is 120 cm³/mol. The van der Waals surface area contributed by atoms with Gasteiger partial charge >= 0.3 is 0 Å². The molecule has 0 spiro atoms. The fourth-order valence-corrected chi connectivity index (χ4v) is 5.01. The third-order valence-electron chi connectivity index (χ3n) is 5.84. The number of rotatable bonds is 7. The molecule has 160 valence electrons. The molecular weight excluding hydrogens is 398 g/mol. The molecule has 0 radical (unpaired) electrons. The molecule has 7 nitrogen and oxygen atoms in total. The molecule has 0 unspecified atom stereocenters. The van der Waals surface area contributed by atoms with E-state index in [4.69, 9.17) is 4.98 Å². The van der Waals surface area contributed by atoms with Crippen molar-refractivity contribution in [3.05, 3.63) is 54.4 Å². The van der Waals surface area contributed by atoms with Gasteiger partial charge in [0.1, 0.15) is 5.82 Å². The van der Waals surface area contributed by atoms with E-state index in [-0.39, 0.29) is 4.90 Å². The van der Waals surface area contributed by atoms with Crippen molar-refractivity contribution in [2.45, 2.75) is 18.2 Å². The van der Waals surface area contributed by atoms with Crippen LogP contribution in [0.4, 0.5) is 5.69 Å². The van der Waals surface area contributed by atoms with E-state index in [0.29, 0.717) is 5.69 Å². The number of hydrogen-bond donors (Lipinski definition) is 1. The summed E-state index contributed by atoms with van der Waals surface area (Å²) in [6.45, 7) is 8.78. The lowest BCUT2D eigenvalue weighted by Crippen LogP contribution is -2.46. The molecule has 0 saturated carbocycles. The Bertz CT molecular complexity index is 1100. The van der Waals surface area contributed by atoms with Crippen molar-refractivity contribution < 1.29 is 8.42 Å². The number of aryl methyl sites for hydroxylation is 1. The van der Waals surface area contributed by atoms with Gasteiger partial charge in [0.25, 0.3) is 10.0 Å². The Balaban J connectivity index is 1.46. The van der Waals surface area contributed by atoms with Gasteiger partial charge in [0, 0.05) is 46.2 Å². The van der Waals surface area contributed by atoms with Crippen molar-refractivity contribution in [2.24, 2.45) is 7.05 Å². The van der Waals surface area contributed by atoms with Gasteiger partial charge in [-0.25, -0.2) is 13.4 Å². The molecular formula is C22H29N5O2S. The first-order chi connectivity index (χ1) is 14.5. The van der Waals surface area contributed by atoms with Crippen LogP contribution in [0.25, 0.3) is 11.0 Å². The van der Waals surface area contributed by atoms with Crippen LogP contribution in [0, 0.1) is 0 Å². The minimum Gasteiger partial charge on any atom is -0.331 e. The van der Waals surface area contributed by atoms with Gasteiger partial charge in [-0.15, -0.1) is 0 Å². The molecule has 2 aromatic carbocycles. The molecule has 0 bridgehead atoms. The lowest BCUT2D eigenvalue weighted by atomic mass is 10.3. The first kappa shape index (κ1) is 20.8. The zero-order valence-corrected chi connectivity index (χ0v) is 18.4. The minimum atomic E-state index is -3.61. The van der Waals surface area contributed by atoms with Crippen LogP contribution in [-0.4, -0.2) is 67.0 Å². The molecule has 1 aromatic heterocycles. The molecule has 1 saturated heterocycles. The Hall–Kier alpha value is -2.42. The maximum atomic E-state index is 12.6. The summed E-state index contributed by atoms with van der Waals surface area (Å²) >= 11 is 0. The highest BCUT2D eigenvalue weighted by Gasteiger charge is 2.17. The zero-order valence-electron chi connectivity index (χ0n) is 17.6. The fourth-order valence-electron chi connectivity index (χ4n) is 3.94. The van der Waals surface area contributed by atoms with Gasteiger partial charge in [-0.05, 0) is 36.9 Å². The number of anilines is 1. The molecule has 4 rings (SSSR count). The van der Waals surface area contributed by atoms with Crippen LogP contribution < -0.4 is 4.72 Å². The number of aromatic nitrogens is 2. The van der Waals surface area contributed by atoms with Gasteiger partial charge in [0.15, 0.2) is 0 Å². The normalized spacial score (nSPS) is 16.2. The number of piperazine rings is 1. The number of imidazole rings is 1. The average molecular weight is 428 g/mol. The molecule has 2 heterocycles. The summed E-state index contributed by atoms with van der Waals surface area (Å²) in [5.41, 5.74) is 2.33. The molecule has 1 aliphatic heterocycles. The summed E-state index contributed by atoms with van der Waals surface area (Å²) in [4.78, 5) is 9.99. The van der Waals surface area contributed by atoms with Crippen molar-refractivity contribution in [1.82, 2.24) is 19.4 Å². The van der Waals surface area contributed by atoms with Crippen LogP contribution in [0.5, 0.6) is 0 Å². The molecule has 0 atom stereocenters. The first-order valence-electron chi connectivity index (χ1n) is 10.4. The molecule has 3 aromatic rings. The Labute approximate surface area is 178 Å². The smallest absolute Gasteiger partial charge is 0.261 e. The largest absolute Gasteiger partial charge is 0.331 e. The number of nitrogens with one attached hydrogen (secondary N) is 1. The van der Waals surface area contributed by atoms with E-state index >= 15 is 0 Å². The molecule has 1 fully saturated rings. The Morgan fingerprint density at radius 1 is 1.00 bits per heavy atom. The molecule has 0 aliphatic carbocycles. The highest BCUT2D eigenvalue weighted by atomic mass is 32.2. The maximum Gasteiger partial charge on any atom is 0.261 e. The van der Waals surface area contributed by atoms with Crippen LogP contribution in [-0.2, 0) is 23.5 Å². The summed E-state index contributed by atoms with van der Waals surface area (Å²) in [6, 6.07) is 13.9. The number of nitrogens with zero attached hydrogens (tertiary/aromatic N) is 4. The first-order valence-corrected chi connectivity index (χ1v) is 11.9. The second-order valence-corrected chi connectivity index (χ2v) is 9.42. The number of sulfonamides is 1. The SMILES string of the molecule is CCN1CCN(CCc2nc3cc(NS(=O)(=O)c4ccccc4)ccc3n2C)CC1. The van der Waals surface area contributed by atoms with E-state index in [1.54, 1.807) is 42.5 Å². The highest BCUT2D eigenvalue weighted by molar-refractivity contribution is 7.92. The lowest BCUT2D eigenvalue weighted by molar-refractivity contribution is 0.138. The molecule has 1 aliphatic rings. The van der Waals surface area contributed by atoms with Crippen LogP contribution >= 0.6 is 0 Å². The van der Waals surface area contributed by atoms with E-state index in [2.05, 4.69) is 26.0 Å². The lowest BCUT2D eigenvalue weighted by Gasteiger charge is -2.33. The number of hydrogen-bond acceptors (Lipinski definition) is 5. The van der Waals surface area contributed by atoms with E-state index in [1.165, 1.54) is 0 Å². The third-order valence-corrected chi connectivity index (χ3v) is 7.24. The summed E-state index contributed by atoms with van der Waals surface area (Å²) in [6.07, 6.45) is 0.877. The number of fused-ring (bicyclic) bond motifs is 1. The number of likely N-dealkylation sites (N-methyl/N-ethyl adjacent to an activating group) is 1. The van der Waals surface area contributed by atoms with Crippen LogP contribution in [0.1, 0.15) is 12.7 Å². The Morgan fingerprint density at radius 2 is 1.70 bits per heavy atom. The predicted octanol–water partition coefficient (Wildman–Crippen LogP) is 2.55. The van der Waals surface area contributed by atoms with Crippen molar-refractivity contribution in [3.8, 4) is 0 Å². The molecule has 1 N–H and O–H groups in total. The minimum absolute atomic E-state index is 0.245. The average Bonchev–Trinajstić information content (AvgIpc) is 3.08. The summed E-state index contributed by atoms with van der Waals surface area (Å²) < 4.78 is 29.9. The topological polar surface area (TPSA) is 70.5 Å². The van der Waals surface area contributed by atoms with Crippen molar-refractivity contribution in [1.29, 1.82) is 0 Å². The quantitative estimate of drug-likeness (QED) is 0.628. The van der Waals surface area contributed by atoms with Gasteiger partial charge in [-0.2, -0.15) is 0 Å². The van der Waals surface area contributed by atoms with Crippen molar-refractivity contribution >= 4 is 26.7 Å². The van der Waals surface area contributed by atoms with E-state index in [1.807, 2.05) is 13.1 Å². The molecule has 30 heavy (non-hydrogen) atoms. The third kappa shape index (κ3) is 4.50. The Kier molecular flexibility index (Phi) is 6.08. The van der Waals surface area contributed by atoms with Crippen molar-refractivity contribution in [3.63, 3.8) is 0 Å². The monoisotopic (exact) mass is 427 g/mol. The van der Waals surface area contributed by atoms with Gasteiger partial charge in [0.05, 0.1) is 21.6 Å². The summed E-state index contributed by atoms with van der Waals surface area (Å²) in [5.74, 6) is 1.02. The number of benzene rings is 2. The summed E-state index contributed by atoms with van der Waals surface area (Å²) in [5, 5.41) is 0. The van der Waals surface area contributed by atoms with E-state index in [9.17, 15) is 8.42 Å². The van der Waals surface area contributed by atoms with Crippen LogP contribution in [0.2, 0.25) is 0 Å². The molecule has 8 heteroatoms. The molecule has 0 amide bonds. The fraction of sp³-hybridized carbons (Fsp3) is 0.409. The highest BCUT2D eigenvalue weighted by Crippen LogP contribution is 2.22. The van der Waals surface area contributed by atoms with Gasteiger partial charge < -0.3 is 14.4 Å². The van der Waals surface area contributed by atoms with Crippen LogP contribution in [0.15, 0.2) is 53.4 Å². The second kappa shape index (κ2) is 8.75. The standard InChI is InChI=1S/C22H29N5O2S/c1-3-26-13-15-27(16-14-26)12-11-22-23-20-17-18(9-10-21(20)25(22)2)24-30(28,29)19-7-5-4-6-8-19/h4-10,17,24H,3,11-16H2,1-2H3. The maximum absolute atomic E-state index is 12.6. The van der Waals surface area contributed by atoms with Gasteiger partial charge in [0.2, 0.25) is 0 Å². The van der Waals surface area contributed by atoms with E-state index < -0.39 is 10.0 Å². The Morgan fingerprint density at radius 3 is 2.40 bits per heavy atom. The van der Waals surface area contributed by atoms with Crippen LogP contribution in [0.3, 0.4) is 0 Å². The van der Waals surface area contributed by atoms with Gasteiger partial charge in [-0.1, -0.05) is 25.1 Å².